The molecule has 1 amide bonds. The minimum atomic E-state index is -0.701. The number of carbonyl (C=O) groups excluding carboxylic acids is 1. The van der Waals surface area contributed by atoms with Gasteiger partial charge in [0.2, 0.25) is 5.91 Å². The number of benzene rings is 1. The number of anilines is 1. The lowest BCUT2D eigenvalue weighted by Gasteiger charge is -2.35. The molecule has 1 aliphatic rings. The second kappa shape index (κ2) is 8.83. The van der Waals surface area contributed by atoms with E-state index in [2.05, 4.69) is 27.7 Å². The second-order valence-corrected chi connectivity index (χ2v) is 8.06. The first kappa shape index (κ1) is 21.4. The molecule has 0 bridgehead atoms. The Hall–Kier alpha value is -4.45. The van der Waals surface area contributed by atoms with Gasteiger partial charge in [-0.15, -0.1) is 0 Å². The smallest absolute Gasteiger partial charge is 0.246 e. The molecule has 0 atom stereocenters. The molecule has 0 radical (unpaired) electrons. The predicted octanol–water partition coefficient (Wildman–Crippen LogP) is 3.50. The average Bonchev–Trinajstić information content (AvgIpc) is 3.55. The molecule has 1 aliphatic heterocycles. The third kappa shape index (κ3) is 3.79. The lowest BCUT2D eigenvalue weighted by atomic mass is 9.99. The number of carbonyl (C=O) groups is 1. The molecule has 0 saturated carbocycles. The van der Waals surface area contributed by atoms with Crippen LogP contribution in [-0.2, 0) is 11.6 Å². The van der Waals surface area contributed by atoms with Crippen molar-refractivity contribution >= 4 is 17.1 Å². The van der Waals surface area contributed by atoms with E-state index in [4.69, 9.17) is 0 Å². The second-order valence-electron chi connectivity index (χ2n) is 8.06. The molecule has 5 rings (SSSR count). The fourth-order valence-electron chi connectivity index (χ4n) is 4.33. The van der Waals surface area contributed by atoms with E-state index in [-0.39, 0.29) is 5.91 Å². The summed E-state index contributed by atoms with van der Waals surface area (Å²) in [5.41, 5.74) is 5.64. The summed E-state index contributed by atoms with van der Waals surface area (Å²) in [5.74, 6) is -0.0370. The first-order valence-corrected chi connectivity index (χ1v) is 10.9. The summed E-state index contributed by atoms with van der Waals surface area (Å²) in [6, 6.07) is 12.3. The number of alkyl halides is 1. The SMILES string of the molecule is C=CC(=O)N1CCN(c2ccc(-c3cc(-c4cnn(CF)c4)cn4ncc(C#N)c34)cc2)CC1. The minimum absolute atomic E-state index is 0.0370. The maximum absolute atomic E-state index is 13.0. The van der Waals surface area contributed by atoms with Crippen molar-refractivity contribution in [1.29, 1.82) is 5.26 Å². The summed E-state index contributed by atoms with van der Waals surface area (Å²) in [4.78, 5) is 15.9. The molecule has 4 heterocycles. The first-order chi connectivity index (χ1) is 16.6. The van der Waals surface area contributed by atoms with Crippen molar-refractivity contribution in [2.75, 3.05) is 31.1 Å². The zero-order valence-electron chi connectivity index (χ0n) is 18.4. The van der Waals surface area contributed by atoms with Gasteiger partial charge in [-0.25, -0.2) is 13.6 Å². The molecule has 170 valence electrons. The van der Waals surface area contributed by atoms with Crippen LogP contribution in [0.15, 0.2) is 67.8 Å². The van der Waals surface area contributed by atoms with Gasteiger partial charge in [-0.2, -0.15) is 15.5 Å². The van der Waals surface area contributed by atoms with Gasteiger partial charge in [0.25, 0.3) is 0 Å². The van der Waals surface area contributed by atoms with E-state index in [0.717, 1.165) is 41.0 Å². The van der Waals surface area contributed by atoms with E-state index in [1.165, 1.54) is 10.8 Å². The molecule has 4 aromatic rings. The van der Waals surface area contributed by atoms with Crippen molar-refractivity contribution in [3.63, 3.8) is 0 Å². The van der Waals surface area contributed by atoms with E-state index in [9.17, 15) is 14.4 Å². The quantitative estimate of drug-likeness (QED) is 0.430. The van der Waals surface area contributed by atoms with Gasteiger partial charge < -0.3 is 9.80 Å². The summed E-state index contributed by atoms with van der Waals surface area (Å²) in [6.07, 6.45) is 7.97. The average molecular weight is 455 g/mol. The minimum Gasteiger partial charge on any atom is -0.368 e. The summed E-state index contributed by atoms with van der Waals surface area (Å²) in [6.45, 7) is 5.67. The van der Waals surface area contributed by atoms with Crippen LogP contribution in [0, 0.1) is 11.3 Å². The van der Waals surface area contributed by atoms with E-state index in [1.54, 1.807) is 28.0 Å². The molecule has 0 N–H and O–H groups in total. The van der Waals surface area contributed by atoms with Crippen LogP contribution >= 0.6 is 0 Å². The van der Waals surface area contributed by atoms with Gasteiger partial charge in [-0.1, -0.05) is 18.7 Å². The van der Waals surface area contributed by atoms with E-state index >= 15 is 0 Å². The van der Waals surface area contributed by atoms with Crippen molar-refractivity contribution in [3.05, 3.63) is 73.3 Å². The highest BCUT2D eigenvalue weighted by Crippen LogP contribution is 2.33. The van der Waals surface area contributed by atoms with Crippen molar-refractivity contribution in [2.45, 2.75) is 6.80 Å². The number of aromatic nitrogens is 4. The van der Waals surface area contributed by atoms with Gasteiger partial charge in [-0.05, 0) is 29.8 Å². The van der Waals surface area contributed by atoms with E-state index in [0.29, 0.717) is 24.2 Å². The number of rotatable bonds is 5. The molecular weight excluding hydrogens is 433 g/mol. The highest BCUT2D eigenvalue weighted by atomic mass is 19.1. The lowest BCUT2D eigenvalue weighted by molar-refractivity contribution is -0.126. The van der Waals surface area contributed by atoms with E-state index in [1.807, 2.05) is 36.5 Å². The zero-order valence-corrected chi connectivity index (χ0v) is 18.4. The Kier molecular flexibility index (Phi) is 5.55. The Balaban J connectivity index is 1.49. The van der Waals surface area contributed by atoms with Crippen molar-refractivity contribution in [1.82, 2.24) is 24.3 Å². The van der Waals surface area contributed by atoms with Crippen LogP contribution in [0.5, 0.6) is 0 Å². The Morgan fingerprint density at radius 2 is 1.82 bits per heavy atom. The molecule has 3 aromatic heterocycles. The number of hydrogen-bond acceptors (Lipinski definition) is 5. The van der Waals surface area contributed by atoms with E-state index < -0.39 is 6.80 Å². The summed E-state index contributed by atoms with van der Waals surface area (Å²) in [5, 5.41) is 18.0. The number of halogens is 1. The molecule has 8 nitrogen and oxygen atoms in total. The van der Waals surface area contributed by atoms with Gasteiger partial charge in [0, 0.05) is 61.0 Å². The maximum atomic E-state index is 13.0. The molecule has 1 fully saturated rings. The molecule has 1 saturated heterocycles. The standard InChI is InChI=1S/C25H22FN7O/c1-2-24(34)31-9-7-30(8-10-31)22-5-3-18(4-6-22)23-11-19(21-14-28-32(15-21)17-26)16-33-25(23)20(12-27)13-29-33/h2-6,11,13-16H,1,7-10,17H2. The van der Waals surface area contributed by atoms with Gasteiger partial charge in [0.15, 0.2) is 6.80 Å². The Bertz CT molecular complexity index is 1410. The van der Waals surface area contributed by atoms with Crippen LogP contribution < -0.4 is 4.90 Å². The van der Waals surface area contributed by atoms with Crippen LogP contribution in [0.1, 0.15) is 5.56 Å². The highest BCUT2D eigenvalue weighted by molar-refractivity contribution is 5.88. The van der Waals surface area contributed by atoms with Crippen LogP contribution in [-0.4, -0.2) is 56.4 Å². The number of nitriles is 1. The number of pyridine rings is 1. The number of hydrogen-bond donors (Lipinski definition) is 0. The molecule has 9 heteroatoms. The third-order valence-corrected chi connectivity index (χ3v) is 6.13. The molecule has 0 spiro atoms. The Morgan fingerprint density at radius 1 is 1.06 bits per heavy atom. The molecule has 0 unspecified atom stereocenters. The third-order valence-electron chi connectivity index (χ3n) is 6.13. The lowest BCUT2D eigenvalue weighted by Crippen LogP contribution is -2.48. The first-order valence-electron chi connectivity index (χ1n) is 10.9. The van der Waals surface area contributed by atoms with Gasteiger partial charge in [0.1, 0.15) is 6.07 Å². The summed E-state index contributed by atoms with van der Waals surface area (Å²) >= 11 is 0. The largest absolute Gasteiger partial charge is 0.368 e. The van der Waals surface area contributed by atoms with Crippen LogP contribution in [0.25, 0.3) is 27.8 Å². The predicted molar refractivity (Wildman–Crippen MR) is 127 cm³/mol. The van der Waals surface area contributed by atoms with Crippen LogP contribution in [0.3, 0.4) is 0 Å². The van der Waals surface area contributed by atoms with Crippen LogP contribution in [0.4, 0.5) is 10.1 Å². The fraction of sp³-hybridized carbons (Fsp3) is 0.200. The number of amides is 1. The normalized spacial score (nSPS) is 13.8. The van der Waals surface area contributed by atoms with Crippen molar-refractivity contribution < 1.29 is 9.18 Å². The molecule has 34 heavy (non-hydrogen) atoms. The summed E-state index contributed by atoms with van der Waals surface area (Å²) in [7, 11) is 0. The Morgan fingerprint density at radius 3 is 2.47 bits per heavy atom. The van der Waals surface area contributed by atoms with Crippen molar-refractivity contribution in [2.24, 2.45) is 0 Å². The summed E-state index contributed by atoms with van der Waals surface area (Å²) < 4.78 is 15.9. The Labute approximate surface area is 195 Å². The van der Waals surface area contributed by atoms with Gasteiger partial charge in [-0.3, -0.25) is 4.79 Å². The zero-order chi connectivity index (χ0) is 23.7. The van der Waals surface area contributed by atoms with Crippen molar-refractivity contribution in [3.8, 4) is 28.3 Å². The fourth-order valence-corrected chi connectivity index (χ4v) is 4.33. The topological polar surface area (TPSA) is 82.5 Å². The number of piperazine rings is 1. The highest BCUT2D eigenvalue weighted by Gasteiger charge is 2.20. The van der Waals surface area contributed by atoms with Gasteiger partial charge >= 0.3 is 0 Å². The maximum Gasteiger partial charge on any atom is 0.246 e. The van der Waals surface area contributed by atoms with Gasteiger partial charge in [0.05, 0.1) is 23.5 Å². The molecule has 1 aromatic carbocycles. The van der Waals surface area contributed by atoms with Crippen LogP contribution in [0.2, 0.25) is 0 Å². The monoisotopic (exact) mass is 455 g/mol. The molecule has 0 aliphatic carbocycles. The number of nitrogens with zero attached hydrogens (tertiary/aromatic N) is 7. The molecular formula is C25H22FN7O. The number of fused-ring (bicyclic) bond motifs is 1.